The van der Waals surface area contributed by atoms with E-state index in [1.807, 2.05) is 6.92 Å². The topological polar surface area (TPSA) is 46.5 Å². The molecule has 0 spiro atoms. The summed E-state index contributed by atoms with van der Waals surface area (Å²) >= 11 is 0. The van der Waals surface area contributed by atoms with Crippen LogP contribution in [0, 0.1) is 18.8 Å². The highest BCUT2D eigenvalue weighted by molar-refractivity contribution is 5.72. The molecule has 0 saturated heterocycles. The van der Waals surface area contributed by atoms with Gasteiger partial charge in [-0.05, 0) is 37.6 Å². The van der Waals surface area contributed by atoms with Crippen LogP contribution < -0.4 is 0 Å². The molecule has 0 atom stereocenters. The quantitative estimate of drug-likeness (QED) is 0.610. The first-order valence-electron chi connectivity index (χ1n) is 5.07. The Hall–Kier alpha value is -1.95. The van der Waals surface area contributed by atoms with Crippen molar-refractivity contribution in [2.75, 3.05) is 6.61 Å². The lowest BCUT2D eigenvalue weighted by atomic mass is 10.1. The smallest absolute Gasteiger partial charge is 0.317 e. The highest BCUT2D eigenvalue weighted by Gasteiger charge is 1.98. The van der Waals surface area contributed by atoms with E-state index in [4.69, 9.17) is 4.74 Å². The second-order valence-corrected chi connectivity index (χ2v) is 3.28. The minimum absolute atomic E-state index is 0.0914. The van der Waals surface area contributed by atoms with Crippen LogP contribution in [0.1, 0.15) is 24.5 Å². The second kappa shape index (κ2) is 5.82. The van der Waals surface area contributed by atoms with Crippen LogP contribution in [0.5, 0.6) is 5.75 Å². The zero-order valence-corrected chi connectivity index (χ0v) is 9.41. The summed E-state index contributed by atoms with van der Waals surface area (Å²) in [7, 11) is 0. The lowest BCUT2D eigenvalue weighted by Crippen LogP contribution is -2.01. The number of benzene rings is 1. The Kier molecular flexibility index (Phi) is 4.41. The first-order chi connectivity index (χ1) is 7.63. The minimum atomic E-state index is -0.313. The average Bonchev–Trinajstić information content (AvgIpc) is 2.22. The van der Waals surface area contributed by atoms with E-state index in [9.17, 15) is 9.90 Å². The SMILES string of the molecule is CCOC(=O)CC#Cc1ccc(O)cc1C. The molecule has 0 aromatic heterocycles. The van der Waals surface area contributed by atoms with Gasteiger partial charge in [0.15, 0.2) is 0 Å². The standard InChI is InChI=1S/C13H14O3/c1-3-16-13(15)6-4-5-11-7-8-12(14)9-10(11)2/h7-9,14H,3,6H2,1-2H3. The monoisotopic (exact) mass is 218 g/mol. The summed E-state index contributed by atoms with van der Waals surface area (Å²) in [6.45, 7) is 3.99. The Morgan fingerprint density at radius 1 is 1.50 bits per heavy atom. The Balaban J connectivity index is 2.66. The van der Waals surface area contributed by atoms with Crippen LogP contribution >= 0.6 is 0 Å². The van der Waals surface area contributed by atoms with Gasteiger partial charge in [-0.1, -0.05) is 11.8 Å². The molecule has 84 valence electrons. The largest absolute Gasteiger partial charge is 0.508 e. The molecule has 0 amide bonds. The Bertz CT molecular complexity index is 438. The number of aryl methyl sites for hydroxylation is 1. The molecule has 3 heteroatoms. The third-order valence-corrected chi connectivity index (χ3v) is 1.97. The average molecular weight is 218 g/mol. The van der Waals surface area contributed by atoms with Gasteiger partial charge in [0.2, 0.25) is 0 Å². The Labute approximate surface area is 95.1 Å². The van der Waals surface area contributed by atoms with Crippen molar-refractivity contribution in [3.63, 3.8) is 0 Å². The number of hydrogen-bond donors (Lipinski definition) is 1. The fourth-order valence-corrected chi connectivity index (χ4v) is 1.21. The van der Waals surface area contributed by atoms with Gasteiger partial charge in [0.25, 0.3) is 0 Å². The van der Waals surface area contributed by atoms with Gasteiger partial charge in [-0.25, -0.2) is 0 Å². The van der Waals surface area contributed by atoms with E-state index in [1.54, 1.807) is 25.1 Å². The second-order valence-electron chi connectivity index (χ2n) is 3.28. The molecule has 0 saturated carbocycles. The Morgan fingerprint density at radius 2 is 2.25 bits per heavy atom. The molecule has 0 bridgehead atoms. The summed E-state index contributed by atoms with van der Waals surface area (Å²) < 4.78 is 4.75. The van der Waals surface area contributed by atoms with Gasteiger partial charge in [-0.15, -0.1) is 0 Å². The van der Waals surface area contributed by atoms with Gasteiger partial charge in [0.1, 0.15) is 12.2 Å². The first-order valence-corrected chi connectivity index (χ1v) is 5.07. The highest BCUT2D eigenvalue weighted by Crippen LogP contribution is 2.14. The molecule has 0 fully saturated rings. The summed E-state index contributed by atoms with van der Waals surface area (Å²) in [4.78, 5) is 11.0. The molecule has 1 rings (SSSR count). The molecular weight excluding hydrogens is 204 g/mol. The molecule has 1 aromatic rings. The highest BCUT2D eigenvalue weighted by atomic mass is 16.5. The summed E-state index contributed by atoms with van der Waals surface area (Å²) in [5.74, 6) is 5.51. The molecule has 16 heavy (non-hydrogen) atoms. The van der Waals surface area contributed by atoms with Crippen LogP contribution in [0.3, 0.4) is 0 Å². The van der Waals surface area contributed by atoms with Crippen molar-refractivity contribution in [2.24, 2.45) is 0 Å². The number of carbonyl (C=O) groups is 1. The number of ether oxygens (including phenoxy) is 1. The van der Waals surface area contributed by atoms with Crippen molar-refractivity contribution in [2.45, 2.75) is 20.3 Å². The van der Waals surface area contributed by atoms with Gasteiger partial charge in [0, 0.05) is 5.56 Å². The van der Waals surface area contributed by atoms with Crippen molar-refractivity contribution >= 4 is 5.97 Å². The van der Waals surface area contributed by atoms with E-state index in [2.05, 4.69) is 11.8 Å². The van der Waals surface area contributed by atoms with Crippen molar-refractivity contribution in [3.05, 3.63) is 29.3 Å². The van der Waals surface area contributed by atoms with Crippen LogP contribution in [0.4, 0.5) is 0 Å². The summed E-state index contributed by atoms with van der Waals surface area (Å²) in [5, 5.41) is 9.20. The fraction of sp³-hybridized carbons (Fsp3) is 0.308. The van der Waals surface area contributed by atoms with Gasteiger partial charge in [-0.3, -0.25) is 4.79 Å². The van der Waals surface area contributed by atoms with Gasteiger partial charge < -0.3 is 9.84 Å². The molecule has 1 aromatic carbocycles. The van der Waals surface area contributed by atoms with Crippen molar-refractivity contribution in [3.8, 4) is 17.6 Å². The van der Waals surface area contributed by atoms with E-state index < -0.39 is 0 Å². The third kappa shape index (κ3) is 3.66. The zero-order chi connectivity index (χ0) is 12.0. The third-order valence-electron chi connectivity index (χ3n) is 1.97. The number of phenols is 1. The maximum absolute atomic E-state index is 11.0. The first kappa shape index (κ1) is 12.1. The predicted octanol–water partition coefficient (Wildman–Crippen LogP) is 2.01. The summed E-state index contributed by atoms with van der Waals surface area (Å²) in [6, 6.07) is 4.93. The molecule has 0 unspecified atom stereocenters. The number of rotatable bonds is 2. The van der Waals surface area contributed by atoms with E-state index in [0.29, 0.717) is 6.61 Å². The summed E-state index contributed by atoms with van der Waals surface area (Å²) in [6.07, 6.45) is 0.0914. The molecule has 1 N–H and O–H groups in total. The molecule has 0 heterocycles. The minimum Gasteiger partial charge on any atom is -0.508 e. The number of hydrogen-bond acceptors (Lipinski definition) is 3. The Morgan fingerprint density at radius 3 is 2.88 bits per heavy atom. The van der Waals surface area contributed by atoms with Crippen LogP contribution in [0.15, 0.2) is 18.2 Å². The van der Waals surface area contributed by atoms with E-state index in [0.717, 1.165) is 11.1 Å². The predicted molar refractivity (Wildman–Crippen MR) is 61.0 cm³/mol. The van der Waals surface area contributed by atoms with E-state index >= 15 is 0 Å². The van der Waals surface area contributed by atoms with Crippen LogP contribution in [0.2, 0.25) is 0 Å². The van der Waals surface area contributed by atoms with Crippen LogP contribution in [-0.2, 0) is 9.53 Å². The molecule has 0 aliphatic heterocycles. The molecule has 3 nitrogen and oxygen atoms in total. The fourth-order valence-electron chi connectivity index (χ4n) is 1.21. The van der Waals surface area contributed by atoms with E-state index in [-0.39, 0.29) is 18.1 Å². The van der Waals surface area contributed by atoms with Gasteiger partial charge in [0.05, 0.1) is 6.61 Å². The molecule has 0 aliphatic carbocycles. The number of esters is 1. The zero-order valence-electron chi connectivity index (χ0n) is 9.41. The lowest BCUT2D eigenvalue weighted by molar-refractivity contribution is -0.141. The maximum atomic E-state index is 11.0. The molecule has 0 radical (unpaired) electrons. The number of carbonyl (C=O) groups excluding carboxylic acids is 1. The number of phenolic OH excluding ortho intramolecular Hbond substituents is 1. The van der Waals surface area contributed by atoms with Gasteiger partial charge in [-0.2, -0.15) is 0 Å². The van der Waals surface area contributed by atoms with Crippen LogP contribution in [-0.4, -0.2) is 17.7 Å². The number of aromatic hydroxyl groups is 1. The normalized spacial score (nSPS) is 9.12. The summed E-state index contributed by atoms with van der Waals surface area (Å²) in [5.41, 5.74) is 1.69. The van der Waals surface area contributed by atoms with Crippen LogP contribution in [0.25, 0.3) is 0 Å². The van der Waals surface area contributed by atoms with Crippen molar-refractivity contribution < 1.29 is 14.6 Å². The lowest BCUT2D eigenvalue weighted by Gasteiger charge is -1.98. The van der Waals surface area contributed by atoms with Gasteiger partial charge >= 0.3 is 5.97 Å². The molecular formula is C13H14O3. The van der Waals surface area contributed by atoms with Crippen molar-refractivity contribution in [1.29, 1.82) is 0 Å². The maximum Gasteiger partial charge on any atom is 0.317 e. The van der Waals surface area contributed by atoms with Crippen molar-refractivity contribution in [1.82, 2.24) is 0 Å². The van der Waals surface area contributed by atoms with E-state index in [1.165, 1.54) is 0 Å². The molecule has 0 aliphatic rings.